The highest BCUT2D eigenvalue weighted by molar-refractivity contribution is 6.31. The molecule has 2 aliphatic rings. The summed E-state index contributed by atoms with van der Waals surface area (Å²) in [6.07, 6.45) is 3.65. The molecule has 2 aliphatic heterocycles. The van der Waals surface area contributed by atoms with Crippen molar-refractivity contribution < 1.29 is 9.59 Å². The van der Waals surface area contributed by atoms with E-state index in [0.29, 0.717) is 23.9 Å². The molecule has 2 fully saturated rings. The van der Waals surface area contributed by atoms with Crippen molar-refractivity contribution in [2.45, 2.75) is 32.6 Å². The van der Waals surface area contributed by atoms with Gasteiger partial charge in [-0.25, -0.2) is 0 Å². The molecule has 29 heavy (non-hydrogen) atoms. The highest BCUT2D eigenvalue weighted by Gasteiger charge is 2.40. The molecule has 2 amide bonds. The number of hydrogen-bond donors (Lipinski definition) is 0. The molecule has 0 aromatic heterocycles. The smallest absolute Gasteiger partial charge is 0.239 e. The first kappa shape index (κ1) is 20.0. The summed E-state index contributed by atoms with van der Waals surface area (Å²) in [5, 5.41) is 0.686. The van der Waals surface area contributed by atoms with Crippen LogP contribution in [0.3, 0.4) is 0 Å². The van der Waals surface area contributed by atoms with E-state index in [2.05, 4.69) is 24.3 Å². The standard InChI is InChI=1S/C24H27ClN2O2/c1-17-15-20(7-8-22(17)25)27-14-11-21(24(27)29)23(28)26-12-9-19(10-13-26)16-18-5-3-2-4-6-18/h2-8,15,19,21H,9-14,16H2,1H3/t21-/m1/s1. The van der Waals surface area contributed by atoms with Crippen molar-refractivity contribution in [2.75, 3.05) is 24.5 Å². The van der Waals surface area contributed by atoms with Gasteiger partial charge in [-0.05, 0) is 67.9 Å². The van der Waals surface area contributed by atoms with E-state index in [4.69, 9.17) is 11.6 Å². The number of amides is 2. The van der Waals surface area contributed by atoms with Crippen LogP contribution in [0.15, 0.2) is 48.5 Å². The summed E-state index contributed by atoms with van der Waals surface area (Å²) in [5.74, 6) is -0.0181. The lowest BCUT2D eigenvalue weighted by molar-refractivity contribution is -0.141. The fourth-order valence-corrected chi connectivity index (χ4v) is 4.61. The fourth-order valence-electron chi connectivity index (χ4n) is 4.49. The van der Waals surface area contributed by atoms with Crippen LogP contribution in [0.4, 0.5) is 5.69 Å². The van der Waals surface area contributed by atoms with Crippen molar-refractivity contribution in [1.82, 2.24) is 4.90 Å². The summed E-state index contributed by atoms with van der Waals surface area (Å²) in [6.45, 7) is 4.01. The molecule has 4 rings (SSSR count). The normalized spacial score (nSPS) is 20.3. The van der Waals surface area contributed by atoms with Gasteiger partial charge in [-0.15, -0.1) is 0 Å². The number of benzene rings is 2. The Labute approximate surface area is 177 Å². The minimum Gasteiger partial charge on any atom is -0.342 e. The molecule has 2 aromatic rings. The minimum atomic E-state index is -0.545. The summed E-state index contributed by atoms with van der Waals surface area (Å²) in [4.78, 5) is 29.6. The zero-order chi connectivity index (χ0) is 20.4. The van der Waals surface area contributed by atoms with Crippen LogP contribution in [0.2, 0.25) is 5.02 Å². The van der Waals surface area contributed by atoms with Crippen LogP contribution >= 0.6 is 11.6 Å². The molecular weight excluding hydrogens is 384 g/mol. The van der Waals surface area contributed by atoms with Gasteiger partial charge >= 0.3 is 0 Å². The first-order valence-corrected chi connectivity index (χ1v) is 10.8. The molecule has 2 saturated heterocycles. The SMILES string of the molecule is Cc1cc(N2CC[C@H](C(=O)N3CCC(Cc4ccccc4)CC3)C2=O)ccc1Cl. The minimum absolute atomic E-state index is 0.00125. The van der Waals surface area contributed by atoms with Gasteiger partial charge in [0.05, 0.1) is 0 Å². The molecule has 0 unspecified atom stereocenters. The largest absolute Gasteiger partial charge is 0.342 e. The van der Waals surface area contributed by atoms with Crippen LogP contribution in [0.25, 0.3) is 0 Å². The molecule has 0 radical (unpaired) electrons. The third-order valence-electron chi connectivity index (χ3n) is 6.25. The van der Waals surface area contributed by atoms with Gasteiger partial charge in [0.15, 0.2) is 0 Å². The fraction of sp³-hybridized carbons (Fsp3) is 0.417. The monoisotopic (exact) mass is 410 g/mol. The molecule has 0 N–H and O–H groups in total. The van der Waals surface area contributed by atoms with Crippen molar-refractivity contribution in [2.24, 2.45) is 11.8 Å². The van der Waals surface area contributed by atoms with E-state index in [1.165, 1.54) is 5.56 Å². The number of aryl methyl sites for hydroxylation is 1. The third kappa shape index (κ3) is 4.32. The van der Waals surface area contributed by atoms with Gasteiger partial charge in [0.2, 0.25) is 11.8 Å². The van der Waals surface area contributed by atoms with Crippen molar-refractivity contribution in [3.05, 3.63) is 64.7 Å². The van der Waals surface area contributed by atoms with Crippen molar-refractivity contribution in [3.8, 4) is 0 Å². The van der Waals surface area contributed by atoms with Crippen LogP contribution in [-0.2, 0) is 16.0 Å². The molecule has 2 aromatic carbocycles. The Morgan fingerprint density at radius 3 is 2.45 bits per heavy atom. The Kier molecular flexibility index (Phi) is 5.91. The lowest BCUT2D eigenvalue weighted by Gasteiger charge is -2.33. The van der Waals surface area contributed by atoms with Gasteiger partial charge in [-0.2, -0.15) is 0 Å². The van der Waals surface area contributed by atoms with Gasteiger partial charge < -0.3 is 9.80 Å². The van der Waals surface area contributed by atoms with Crippen LogP contribution in [0.1, 0.15) is 30.4 Å². The Balaban J connectivity index is 1.34. The number of nitrogens with zero attached hydrogens (tertiary/aromatic N) is 2. The summed E-state index contributed by atoms with van der Waals surface area (Å²) in [6, 6.07) is 16.1. The zero-order valence-electron chi connectivity index (χ0n) is 16.8. The molecular formula is C24H27ClN2O2. The van der Waals surface area contributed by atoms with Gasteiger partial charge in [-0.1, -0.05) is 41.9 Å². The van der Waals surface area contributed by atoms with E-state index in [1.807, 2.05) is 36.1 Å². The summed E-state index contributed by atoms with van der Waals surface area (Å²) in [7, 11) is 0. The zero-order valence-corrected chi connectivity index (χ0v) is 17.6. The molecule has 152 valence electrons. The quantitative estimate of drug-likeness (QED) is 0.697. The molecule has 1 atom stereocenters. The first-order chi connectivity index (χ1) is 14.0. The van der Waals surface area contributed by atoms with E-state index in [-0.39, 0.29) is 11.8 Å². The van der Waals surface area contributed by atoms with E-state index >= 15 is 0 Å². The number of anilines is 1. The van der Waals surface area contributed by atoms with E-state index in [9.17, 15) is 9.59 Å². The summed E-state index contributed by atoms with van der Waals surface area (Å²) < 4.78 is 0. The van der Waals surface area contributed by atoms with Gasteiger partial charge in [0.1, 0.15) is 5.92 Å². The predicted molar refractivity (Wildman–Crippen MR) is 116 cm³/mol. The highest BCUT2D eigenvalue weighted by Crippen LogP contribution is 2.30. The van der Waals surface area contributed by atoms with E-state index in [1.54, 1.807) is 4.90 Å². The molecule has 5 heteroatoms. The van der Waals surface area contributed by atoms with E-state index in [0.717, 1.165) is 43.6 Å². The molecule has 0 saturated carbocycles. The number of rotatable bonds is 4. The van der Waals surface area contributed by atoms with Gasteiger partial charge in [-0.3, -0.25) is 9.59 Å². The number of hydrogen-bond acceptors (Lipinski definition) is 2. The van der Waals surface area contributed by atoms with Crippen LogP contribution in [-0.4, -0.2) is 36.3 Å². The second kappa shape index (κ2) is 8.58. The number of carbonyl (C=O) groups is 2. The first-order valence-electron chi connectivity index (χ1n) is 10.4. The second-order valence-electron chi connectivity index (χ2n) is 8.22. The molecule has 0 spiro atoms. The van der Waals surface area contributed by atoms with Gasteiger partial charge in [0, 0.05) is 30.3 Å². The Morgan fingerprint density at radius 1 is 1.03 bits per heavy atom. The van der Waals surface area contributed by atoms with Crippen molar-refractivity contribution in [3.63, 3.8) is 0 Å². The van der Waals surface area contributed by atoms with Crippen LogP contribution < -0.4 is 4.90 Å². The Bertz CT molecular complexity index is 891. The average molecular weight is 411 g/mol. The van der Waals surface area contributed by atoms with Gasteiger partial charge in [0.25, 0.3) is 0 Å². The van der Waals surface area contributed by atoms with Crippen LogP contribution in [0, 0.1) is 18.8 Å². The average Bonchev–Trinajstić information content (AvgIpc) is 3.12. The maximum atomic E-state index is 13.0. The lowest BCUT2D eigenvalue weighted by atomic mass is 9.89. The lowest BCUT2D eigenvalue weighted by Crippen LogP contribution is -2.44. The number of carbonyl (C=O) groups excluding carboxylic acids is 2. The van der Waals surface area contributed by atoms with Crippen molar-refractivity contribution >= 4 is 29.1 Å². The van der Waals surface area contributed by atoms with Crippen molar-refractivity contribution in [1.29, 1.82) is 0 Å². The maximum absolute atomic E-state index is 13.0. The molecule has 2 heterocycles. The number of halogens is 1. The second-order valence-corrected chi connectivity index (χ2v) is 8.63. The van der Waals surface area contributed by atoms with Crippen LogP contribution in [0.5, 0.6) is 0 Å². The molecule has 0 bridgehead atoms. The predicted octanol–water partition coefficient (Wildman–Crippen LogP) is 4.48. The summed E-state index contributed by atoms with van der Waals surface area (Å²) >= 11 is 6.10. The number of piperidine rings is 1. The third-order valence-corrected chi connectivity index (χ3v) is 6.67. The molecule has 4 nitrogen and oxygen atoms in total. The Morgan fingerprint density at radius 2 is 1.76 bits per heavy atom. The highest BCUT2D eigenvalue weighted by atomic mass is 35.5. The molecule has 0 aliphatic carbocycles. The Hall–Kier alpha value is -2.33. The number of likely N-dealkylation sites (tertiary alicyclic amines) is 1. The van der Waals surface area contributed by atoms with E-state index < -0.39 is 5.92 Å². The maximum Gasteiger partial charge on any atom is 0.239 e. The summed E-state index contributed by atoms with van der Waals surface area (Å²) in [5.41, 5.74) is 3.12. The topological polar surface area (TPSA) is 40.6 Å².